The van der Waals surface area contributed by atoms with Crippen molar-refractivity contribution in [3.63, 3.8) is 0 Å². The number of carbonyl (C=O) groups excluding carboxylic acids is 1. The van der Waals surface area contributed by atoms with Crippen LogP contribution in [0.1, 0.15) is 41.1 Å². The van der Waals surface area contributed by atoms with Crippen LogP contribution in [0.5, 0.6) is 0 Å². The molecule has 2 saturated heterocycles. The third-order valence-electron chi connectivity index (χ3n) is 6.23. The predicted molar refractivity (Wildman–Crippen MR) is 108 cm³/mol. The highest BCUT2D eigenvalue weighted by Crippen LogP contribution is 2.44. The molecule has 5 heteroatoms. The lowest BCUT2D eigenvalue weighted by Crippen LogP contribution is -2.51. The van der Waals surface area contributed by atoms with Crippen LogP contribution >= 0.6 is 0 Å². The topological polar surface area (TPSA) is 62.5 Å². The Bertz CT molecular complexity index is 782. The van der Waals surface area contributed by atoms with Crippen molar-refractivity contribution in [3.05, 3.63) is 59.8 Å². The molecule has 1 amide bonds. The number of hydrogen-bond donors (Lipinski definition) is 1. The van der Waals surface area contributed by atoms with Crippen molar-refractivity contribution in [2.45, 2.75) is 25.2 Å². The van der Waals surface area contributed by atoms with Crippen LogP contribution in [0.4, 0.5) is 5.82 Å². The molecule has 0 bridgehead atoms. The predicted octanol–water partition coefficient (Wildman–Crippen LogP) is 3.01. The number of nitrogens with two attached hydrogens (primary N) is 1. The van der Waals surface area contributed by atoms with Gasteiger partial charge in [-0.05, 0) is 55.3 Å². The molecule has 3 heterocycles. The number of nitrogens with zero attached hydrogens (tertiary/aromatic N) is 3. The highest BCUT2D eigenvalue weighted by molar-refractivity contribution is 5.94. The van der Waals surface area contributed by atoms with Gasteiger partial charge in [0.15, 0.2) is 0 Å². The minimum atomic E-state index is 0.0705. The number of piperidine rings is 2. The maximum atomic E-state index is 12.8. The Morgan fingerprint density at radius 3 is 2.56 bits per heavy atom. The van der Waals surface area contributed by atoms with Gasteiger partial charge in [0.2, 0.25) is 0 Å². The normalized spacial score (nSPS) is 22.7. The lowest BCUT2D eigenvalue weighted by molar-refractivity contribution is 0.0224. The summed E-state index contributed by atoms with van der Waals surface area (Å²) in [5.41, 5.74) is 8.01. The van der Waals surface area contributed by atoms with E-state index in [0.717, 1.165) is 39.0 Å². The molecule has 1 spiro atoms. The largest absolute Gasteiger partial charge is 0.384 e. The van der Waals surface area contributed by atoms with E-state index in [1.54, 1.807) is 18.3 Å². The second-order valence-corrected chi connectivity index (χ2v) is 8.27. The molecule has 27 heavy (non-hydrogen) atoms. The number of carbonyl (C=O) groups is 1. The zero-order chi connectivity index (χ0) is 18.9. The van der Waals surface area contributed by atoms with Gasteiger partial charge >= 0.3 is 0 Å². The van der Waals surface area contributed by atoms with Crippen molar-refractivity contribution in [1.29, 1.82) is 0 Å². The summed E-state index contributed by atoms with van der Waals surface area (Å²) in [4.78, 5) is 21.3. The minimum absolute atomic E-state index is 0.0705. The summed E-state index contributed by atoms with van der Waals surface area (Å²) in [5, 5.41) is 0. The van der Waals surface area contributed by atoms with Gasteiger partial charge in [-0.15, -0.1) is 0 Å². The fourth-order valence-electron chi connectivity index (χ4n) is 4.87. The molecule has 2 N–H and O–H groups in total. The zero-order valence-corrected chi connectivity index (χ0v) is 16.0. The number of benzene rings is 1. The number of aromatic nitrogens is 1. The van der Waals surface area contributed by atoms with Crippen molar-refractivity contribution in [3.8, 4) is 0 Å². The first-order valence-corrected chi connectivity index (χ1v) is 9.79. The van der Waals surface area contributed by atoms with Gasteiger partial charge in [-0.2, -0.15) is 0 Å². The minimum Gasteiger partial charge on any atom is -0.384 e. The SMILES string of the molecule is CN1C[C@@H](c2ccccc2)CC2(CCN(C(=O)c3ccc(N)nc3)CC2)C1. The van der Waals surface area contributed by atoms with Crippen LogP contribution in [0.25, 0.3) is 0 Å². The third-order valence-corrected chi connectivity index (χ3v) is 6.23. The maximum Gasteiger partial charge on any atom is 0.255 e. The van der Waals surface area contributed by atoms with E-state index in [2.05, 4.69) is 47.3 Å². The van der Waals surface area contributed by atoms with Crippen molar-refractivity contribution in [2.75, 3.05) is 39.0 Å². The number of amides is 1. The van der Waals surface area contributed by atoms with Gasteiger partial charge in [0.1, 0.15) is 5.82 Å². The Balaban J connectivity index is 1.44. The van der Waals surface area contributed by atoms with Crippen molar-refractivity contribution in [2.24, 2.45) is 5.41 Å². The van der Waals surface area contributed by atoms with Crippen molar-refractivity contribution < 1.29 is 4.79 Å². The molecule has 1 aromatic carbocycles. The number of anilines is 1. The van der Waals surface area contributed by atoms with Crippen molar-refractivity contribution in [1.82, 2.24) is 14.8 Å². The first kappa shape index (κ1) is 18.0. The summed E-state index contributed by atoms with van der Waals surface area (Å²) in [6, 6.07) is 14.3. The molecule has 0 radical (unpaired) electrons. The van der Waals surface area contributed by atoms with Gasteiger partial charge in [-0.1, -0.05) is 30.3 Å². The van der Waals surface area contributed by atoms with E-state index >= 15 is 0 Å². The Morgan fingerprint density at radius 1 is 1.15 bits per heavy atom. The summed E-state index contributed by atoms with van der Waals surface area (Å²) < 4.78 is 0. The second-order valence-electron chi connectivity index (χ2n) is 8.27. The van der Waals surface area contributed by atoms with E-state index in [-0.39, 0.29) is 5.91 Å². The van der Waals surface area contributed by atoms with Crippen LogP contribution in [0.2, 0.25) is 0 Å². The lowest BCUT2D eigenvalue weighted by atomic mass is 9.68. The summed E-state index contributed by atoms with van der Waals surface area (Å²) in [5.74, 6) is 1.09. The van der Waals surface area contributed by atoms with Crippen LogP contribution in [0, 0.1) is 5.41 Å². The second kappa shape index (κ2) is 7.31. The Hall–Kier alpha value is -2.40. The summed E-state index contributed by atoms with van der Waals surface area (Å²) >= 11 is 0. The molecule has 4 rings (SSSR count). The van der Waals surface area contributed by atoms with Gasteiger partial charge in [0, 0.05) is 32.4 Å². The highest BCUT2D eigenvalue weighted by atomic mass is 16.2. The van der Waals surface area contributed by atoms with E-state index in [4.69, 9.17) is 5.73 Å². The zero-order valence-electron chi connectivity index (χ0n) is 16.0. The molecule has 0 aliphatic carbocycles. The van der Waals surface area contributed by atoms with Gasteiger partial charge < -0.3 is 15.5 Å². The molecule has 0 saturated carbocycles. The van der Waals surface area contributed by atoms with Crippen molar-refractivity contribution >= 4 is 11.7 Å². The van der Waals surface area contributed by atoms with Crippen LogP contribution < -0.4 is 5.73 Å². The highest BCUT2D eigenvalue weighted by Gasteiger charge is 2.42. The monoisotopic (exact) mass is 364 g/mol. The fraction of sp³-hybridized carbons (Fsp3) is 0.455. The van der Waals surface area contributed by atoms with Gasteiger partial charge in [0.05, 0.1) is 5.56 Å². The Kier molecular flexibility index (Phi) is 4.87. The molecule has 2 fully saturated rings. The fourth-order valence-corrected chi connectivity index (χ4v) is 4.87. The standard InChI is InChI=1S/C22H28N4O/c1-25-15-19(17-5-3-2-4-6-17)13-22(16-25)9-11-26(12-10-22)21(27)18-7-8-20(23)24-14-18/h2-8,14,19H,9-13,15-16H2,1H3,(H2,23,24)/t19-/m0/s1. The molecule has 0 unspecified atom stereocenters. The van der Waals surface area contributed by atoms with E-state index in [1.807, 2.05) is 4.90 Å². The average Bonchev–Trinajstić information content (AvgIpc) is 2.69. The molecule has 142 valence electrons. The third kappa shape index (κ3) is 3.83. The molecule has 5 nitrogen and oxygen atoms in total. The summed E-state index contributed by atoms with van der Waals surface area (Å²) in [7, 11) is 2.23. The first-order chi connectivity index (χ1) is 13.0. The molecule has 1 aromatic heterocycles. The first-order valence-electron chi connectivity index (χ1n) is 9.79. The Labute approximate surface area is 161 Å². The Morgan fingerprint density at radius 2 is 1.89 bits per heavy atom. The molecular formula is C22H28N4O. The number of nitrogen functional groups attached to an aromatic ring is 1. The number of rotatable bonds is 2. The quantitative estimate of drug-likeness (QED) is 0.890. The van der Waals surface area contributed by atoms with Crippen LogP contribution in [0.15, 0.2) is 48.7 Å². The van der Waals surface area contributed by atoms with Crippen LogP contribution in [0.3, 0.4) is 0 Å². The van der Waals surface area contributed by atoms with E-state index in [0.29, 0.717) is 22.7 Å². The average molecular weight is 364 g/mol. The molecule has 2 aliphatic rings. The van der Waals surface area contributed by atoms with Crippen LogP contribution in [-0.2, 0) is 0 Å². The number of likely N-dealkylation sites (N-methyl/N-ethyl adjacent to an activating group) is 1. The number of hydrogen-bond acceptors (Lipinski definition) is 4. The summed E-state index contributed by atoms with van der Waals surface area (Å²) in [6.45, 7) is 3.88. The molecule has 2 aliphatic heterocycles. The smallest absolute Gasteiger partial charge is 0.255 e. The number of likely N-dealkylation sites (tertiary alicyclic amines) is 2. The summed E-state index contributed by atoms with van der Waals surface area (Å²) in [6.07, 6.45) is 4.93. The lowest BCUT2D eigenvalue weighted by Gasteiger charge is -2.49. The number of pyridine rings is 1. The molecule has 2 aromatic rings. The van der Waals surface area contributed by atoms with Crippen LogP contribution in [-0.4, -0.2) is 53.9 Å². The van der Waals surface area contributed by atoms with E-state index in [1.165, 1.54) is 12.0 Å². The van der Waals surface area contributed by atoms with E-state index < -0.39 is 0 Å². The van der Waals surface area contributed by atoms with E-state index in [9.17, 15) is 4.79 Å². The van der Waals surface area contributed by atoms with Gasteiger partial charge in [0.25, 0.3) is 5.91 Å². The molecule has 1 atom stereocenters. The van der Waals surface area contributed by atoms with Gasteiger partial charge in [-0.25, -0.2) is 4.98 Å². The maximum absolute atomic E-state index is 12.8. The molecular weight excluding hydrogens is 336 g/mol. The van der Waals surface area contributed by atoms with Gasteiger partial charge in [-0.3, -0.25) is 4.79 Å².